The highest BCUT2D eigenvalue weighted by atomic mass is 35.5. The summed E-state index contributed by atoms with van der Waals surface area (Å²) in [5.41, 5.74) is 9.41. The Morgan fingerprint density at radius 3 is 3.00 bits per heavy atom. The van der Waals surface area contributed by atoms with Crippen molar-refractivity contribution in [3.8, 4) is 0 Å². The van der Waals surface area contributed by atoms with E-state index in [9.17, 15) is 0 Å². The molecule has 106 valence electrons. The van der Waals surface area contributed by atoms with Gasteiger partial charge in [0.25, 0.3) is 0 Å². The lowest BCUT2D eigenvalue weighted by Gasteiger charge is -2.33. The van der Waals surface area contributed by atoms with E-state index in [0.717, 1.165) is 30.1 Å². The van der Waals surface area contributed by atoms with Crippen LogP contribution in [0.4, 0.5) is 0 Å². The van der Waals surface area contributed by atoms with Crippen molar-refractivity contribution in [3.05, 3.63) is 56.2 Å². The van der Waals surface area contributed by atoms with Crippen LogP contribution in [0.15, 0.2) is 29.6 Å². The lowest BCUT2D eigenvalue weighted by Crippen LogP contribution is -2.32. The number of benzene rings is 1. The maximum atomic E-state index is 6.37. The molecule has 4 heteroatoms. The van der Waals surface area contributed by atoms with E-state index in [1.807, 2.05) is 17.4 Å². The summed E-state index contributed by atoms with van der Waals surface area (Å²) in [7, 11) is 0. The summed E-state index contributed by atoms with van der Waals surface area (Å²) in [6, 6.07) is 8.90. The minimum atomic E-state index is 0.468. The highest BCUT2D eigenvalue weighted by molar-refractivity contribution is 7.10. The molecule has 1 atom stereocenters. The molecule has 2 nitrogen and oxygen atoms in total. The maximum absolute atomic E-state index is 6.37. The monoisotopic (exact) mass is 306 g/mol. The molecule has 20 heavy (non-hydrogen) atoms. The van der Waals surface area contributed by atoms with E-state index < -0.39 is 0 Å². The fourth-order valence-corrected chi connectivity index (χ4v) is 4.07. The van der Waals surface area contributed by atoms with Crippen LogP contribution in [0.5, 0.6) is 0 Å². The Morgan fingerprint density at radius 2 is 2.25 bits per heavy atom. The Balaban J connectivity index is 1.79. The molecule has 0 amide bonds. The fourth-order valence-electron chi connectivity index (χ4n) is 2.84. The summed E-state index contributed by atoms with van der Waals surface area (Å²) >= 11 is 8.25. The maximum Gasteiger partial charge on any atom is 0.0454 e. The van der Waals surface area contributed by atoms with Crippen LogP contribution in [0.3, 0.4) is 0 Å². The van der Waals surface area contributed by atoms with Crippen LogP contribution in [0.2, 0.25) is 5.02 Å². The SMILES string of the molecule is CC1c2ccsc2CCN1Cc1ccc(CN)cc1Cl. The summed E-state index contributed by atoms with van der Waals surface area (Å²) in [6.45, 7) is 4.83. The number of rotatable bonds is 3. The second-order valence-electron chi connectivity index (χ2n) is 5.33. The minimum absolute atomic E-state index is 0.468. The minimum Gasteiger partial charge on any atom is -0.326 e. The molecular weight excluding hydrogens is 288 g/mol. The standard InChI is InChI=1S/C16H19ClN2S/c1-11-14-5-7-20-16(14)4-6-19(11)10-13-3-2-12(9-18)8-15(13)17/h2-3,5,7-8,11H,4,6,9-10,18H2,1H3. The molecule has 1 aromatic carbocycles. The van der Waals surface area contributed by atoms with Gasteiger partial charge >= 0.3 is 0 Å². The van der Waals surface area contributed by atoms with Crippen LogP contribution in [0.1, 0.15) is 34.5 Å². The quantitative estimate of drug-likeness (QED) is 0.929. The largest absolute Gasteiger partial charge is 0.326 e. The van der Waals surface area contributed by atoms with Gasteiger partial charge in [-0.3, -0.25) is 4.90 Å². The van der Waals surface area contributed by atoms with E-state index in [1.165, 1.54) is 11.1 Å². The number of fused-ring (bicyclic) bond motifs is 1. The third-order valence-corrected chi connectivity index (χ3v) is 5.48. The number of nitrogens with zero attached hydrogens (tertiary/aromatic N) is 1. The number of hydrogen-bond acceptors (Lipinski definition) is 3. The van der Waals surface area contributed by atoms with Gasteiger partial charge in [-0.15, -0.1) is 11.3 Å². The molecule has 0 bridgehead atoms. The number of nitrogens with two attached hydrogens (primary N) is 1. The third kappa shape index (κ3) is 2.63. The summed E-state index contributed by atoms with van der Waals surface area (Å²) in [5.74, 6) is 0. The van der Waals surface area contributed by atoms with Crippen LogP contribution >= 0.6 is 22.9 Å². The number of halogens is 1. The number of hydrogen-bond donors (Lipinski definition) is 1. The van der Waals surface area contributed by atoms with Crippen molar-refractivity contribution in [2.45, 2.75) is 32.5 Å². The fraction of sp³-hybridized carbons (Fsp3) is 0.375. The summed E-state index contributed by atoms with van der Waals surface area (Å²) in [5, 5.41) is 3.03. The van der Waals surface area contributed by atoms with Gasteiger partial charge < -0.3 is 5.73 Å². The molecule has 1 aliphatic rings. The van der Waals surface area contributed by atoms with E-state index in [2.05, 4.69) is 35.4 Å². The Kier molecular flexibility index (Phi) is 4.13. The first-order valence-corrected chi connectivity index (χ1v) is 8.22. The van der Waals surface area contributed by atoms with Gasteiger partial charge in [-0.1, -0.05) is 23.7 Å². The van der Waals surface area contributed by atoms with Gasteiger partial charge in [0.05, 0.1) is 0 Å². The first-order valence-electron chi connectivity index (χ1n) is 6.96. The second kappa shape index (κ2) is 5.86. The average Bonchev–Trinajstić information content (AvgIpc) is 2.93. The van der Waals surface area contributed by atoms with Crippen molar-refractivity contribution in [2.75, 3.05) is 6.54 Å². The lowest BCUT2D eigenvalue weighted by molar-refractivity contribution is 0.191. The molecule has 0 radical (unpaired) electrons. The van der Waals surface area contributed by atoms with Crippen LogP contribution in [-0.4, -0.2) is 11.4 Å². The van der Waals surface area contributed by atoms with E-state index >= 15 is 0 Å². The molecule has 1 unspecified atom stereocenters. The first kappa shape index (κ1) is 14.1. The van der Waals surface area contributed by atoms with Crippen molar-refractivity contribution in [3.63, 3.8) is 0 Å². The van der Waals surface area contributed by atoms with E-state index in [4.69, 9.17) is 17.3 Å². The zero-order chi connectivity index (χ0) is 14.1. The molecule has 2 aromatic rings. The van der Waals surface area contributed by atoms with E-state index in [0.29, 0.717) is 12.6 Å². The molecule has 0 fully saturated rings. The molecule has 0 saturated carbocycles. The van der Waals surface area contributed by atoms with Crippen molar-refractivity contribution in [1.29, 1.82) is 0 Å². The Bertz CT molecular complexity index is 608. The molecule has 2 N–H and O–H groups in total. The first-order chi connectivity index (χ1) is 9.69. The van der Waals surface area contributed by atoms with E-state index in [1.54, 1.807) is 4.88 Å². The molecular formula is C16H19ClN2S. The van der Waals surface area contributed by atoms with Gasteiger partial charge in [0, 0.05) is 35.6 Å². The van der Waals surface area contributed by atoms with Crippen LogP contribution in [0.25, 0.3) is 0 Å². The molecule has 2 heterocycles. The Labute approximate surface area is 129 Å². The predicted molar refractivity (Wildman–Crippen MR) is 86.2 cm³/mol. The van der Waals surface area contributed by atoms with Gasteiger partial charge in [0.2, 0.25) is 0 Å². The normalized spacial score (nSPS) is 19.1. The highest BCUT2D eigenvalue weighted by Gasteiger charge is 2.24. The highest BCUT2D eigenvalue weighted by Crippen LogP contribution is 2.34. The predicted octanol–water partition coefficient (Wildman–Crippen LogP) is 3.98. The van der Waals surface area contributed by atoms with Gasteiger partial charge in [-0.2, -0.15) is 0 Å². The molecule has 1 aliphatic heterocycles. The molecule has 0 spiro atoms. The lowest BCUT2D eigenvalue weighted by atomic mass is 10.0. The smallest absolute Gasteiger partial charge is 0.0454 e. The zero-order valence-electron chi connectivity index (χ0n) is 11.6. The second-order valence-corrected chi connectivity index (χ2v) is 6.73. The third-order valence-electron chi connectivity index (χ3n) is 4.13. The van der Waals surface area contributed by atoms with Crippen molar-refractivity contribution in [1.82, 2.24) is 4.90 Å². The van der Waals surface area contributed by atoms with Crippen LogP contribution in [0, 0.1) is 0 Å². The van der Waals surface area contributed by atoms with Gasteiger partial charge in [-0.25, -0.2) is 0 Å². The Hall–Kier alpha value is -0.870. The summed E-state index contributed by atoms with van der Waals surface area (Å²) in [6.07, 6.45) is 1.15. The van der Waals surface area contributed by atoms with Crippen LogP contribution in [-0.2, 0) is 19.5 Å². The van der Waals surface area contributed by atoms with Gasteiger partial charge in [0.1, 0.15) is 0 Å². The van der Waals surface area contributed by atoms with Crippen LogP contribution < -0.4 is 5.73 Å². The zero-order valence-corrected chi connectivity index (χ0v) is 13.2. The van der Waals surface area contributed by atoms with Crippen molar-refractivity contribution in [2.24, 2.45) is 5.73 Å². The Morgan fingerprint density at radius 1 is 1.40 bits per heavy atom. The number of thiophene rings is 1. The molecule has 1 aromatic heterocycles. The van der Waals surface area contributed by atoms with Crippen molar-refractivity contribution < 1.29 is 0 Å². The summed E-state index contributed by atoms with van der Waals surface area (Å²) in [4.78, 5) is 4.04. The summed E-state index contributed by atoms with van der Waals surface area (Å²) < 4.78 is 0. The molecule has 0 saturated heterocycles. The topological polar surface area (TPSA) is 29.3 Å². The van der Waals surface area contributed by atoms with Crippen molar-refractivity contribution >= 4 is 22.9 Å². The van der Waals surface area contributed by atoms with Gasteiger partial charge in [-0.05, 0) is 47.5 Å². The van der Waals surface area contributed by atoms with E-state index in [-0.39, 0.29) is 0 Å². The molecule has 0 aliphatic carbocycles. The van der Waals surface area contributed by atoms with Gasteiger partial charge in [0.15, 0.2) is 0 Å². The molecule has 3 rings (SSSR count). The average molecular weight is 307 g/mol.